The number of amides is 3. The van der Waals surface area contributed by atoms with Gasteiger partial charge in [-0.15, -0.1) is 0 Å². The van der Waals surface area contributed by atoms with Gasteiger partial charge in [0, 0.05) is 21.2 Å². The summed E-state index contributed by atoms with van der Waals surface area (Å²) < 4.78 is 5.18. The zero-order chi connectivity index (χ0) is 13.3. The van der Waals surface area contributed by atoms with Crippen molar-refractivity contribution < 1.29 is 14.3 Å². The average molecular weight is 248 g/mol. The van der Waals surface area contributed by atoms with Gasteiger partial charge in [0.2, 0.25) is 0 Å². The lowest BCUT2D eigenvalue weighted by molar-refractivity contribution is -0.135. The second-order valence-corrected chi connectivity index (χ2v) is 4.37. The van der Waals surface area contributed by atoms with Gasteiger partial charge in [0.15, 0.2) is 5.54 Å². The summed E-state index contributed by atoms with van der Waals surface area (Å²) in [5.74, 6) is -0.261. The monoisotopic (exact) mass is 248 g/mol. The summed E-state index contributed by atoms with van der Waals surface area (Å²) in [4.78, 5) is 26.9. The van der Waals surface area contributed by atoms with Gasteiger partial charge in [-0.25, -0.2) is 4.79 Å². The van der Waals surface area contributed by atoms with E-state index < -0.39 is 5.54 Å². The Bertz CT molecular complexity index is 474. The first-order valence-corrected chi connectivity index (χ1v) is 5.66. The minimum absolute atomic E-state index is 0.141. The highest BCUT2D eigenvalue weighted by atomic mass is 16.5. The molecule has 3 amide bonds. The number of benzene rings is 1. The van der Waals surface area contributed by atoms with Crippen LogP contribution in [0.2, 0.25) is 0 Å². The van der Waals surface area contributed by atoms with E-state index in [4.69, 9.17) is 4.74 Å². The van der Waals surface area contributed by atoms with Gasteiger partial charge in [0.25, 0.3) is 5.91 Å². The van der Waals surface area contributed by atoms with Crippen molar-refractivity contribution in [1.29, 1.82) is 0 Å². The molecule has 1 aromatic rings. The Morgan fingerprint density at radius 3 is 2.22 bits per heavy atom. The standard InChI is InChI=1S/C13H16N2O3/c1-14-11(16)13(9-18-3,15(2)12(14)17)10-7-5-4-6-8-10/h4-8H,9H2,1-3H3/t13-/m1/s1. The lowest BCUT2D eigenvalue weighted by Crippen LogP contribution is -2.48. The SMILES string of the molecule is COC[C@@]1(c2ccccc2)C(=O)N(C)C(=O)N1C. The van der Waals surface area contributed by atoms with E-state index in [1.54, 1.807) is 7.05 Å². The molecule has 0 bridgehead atoms. The maximum atomic E-state index is 12.4. The van der Waals surface area contributed by atoms with Crippen molar-refractivity contribution in [3.05, 3.63) is 35.9 Å². The fraction of sp³-hybridized carbons (Fsp3) is 0.385. The van der Waals surface area contributed by atoms with Crippen LogP contribution in [-0.4, -0.2) is 49.6 Å². The maximum Gasteiger partial charge on any atom is 0.327 e. The Balaban J connectivity index is 2.58. The molecular weight excluding hydrogens is 232 g/mol. The maximum absolute atomic E-state index is 12.4. The molecule has 1 aliphatic rings. The van der Waals surface area contributed by atoms with Crippen LogP contribution < -0.4 is 0 Å². The van der Waals surface area contributed by atoms with E-state index in [-0.39, 0.29) is 18.5 Å². The van der Waals surface area contributed by atoms with Crippen LogP contribution in [0.1, 0.15) is 5.56 Å². The van der Waals surface area contributed by atoms with Gasteiger partial charge in [-0.1, -0.05) is 30.3 Å². The van der Waals surface area contributed by atoms with Crippen LogP contribution in [0, 0.1) is 0 Å². The molecule has 96 valence electrons. The Morgan fingerprint density at radius 2 is 1.78 bits per heavy atom. The summed E-state index contributed by atoms with van der Waals surface area (Å²) in [6.07, 6.45) is 0. The van der Waals surface area contributed by atoms with Crippen LogP contribution in [0.3, 0.4) is 0 Å². The minimum Gasteiger partial charge on any atom is -0.381 e. The third kappa shape index (κ3) is 1.51. The van der Waals surface area contributed by atoms with Gasteiger partial charge < -0.3 is 9.64 Å². The lowest BCUT2D eigenvalue weighted by Gasteiger charge is -2.32. The first-order chi connectivity index (χ1) is 8.55. The number of imide groups is 1. The Morgan fingerprint density at radius 1 is 1.17 bits per heavy atom. The number of methoxy groups -OCH3 is 1. The zero-order valence-corrected chi connectivity index (χ0v) is 10.7. The topological polar surface area (TPSA) is 49.9 Å². The molecule has 1 atom stereocenters. The molecule has 5 nitrogen and oxygen atoms in total. The van der Waals surface area contributed by atoms with Crippen molar-refractivity contribution in [2.75, 3.05) is 27.8 Å². The van der Waals surface area contributed by atoms with Crippen molar-refractivity contribution in [3.8, 4) is 0 Å². The van der Waals surface area contributed by atoms with Crippen molar-refractivity contribution in [2.45, 2.75) is 5.54 Å². The smallest absolute Gasteiger partial charge is 0.327 e. The largest absolute Gasteiger partial charge is 0.381 e. The molecule has 1 aliphatic heterocycles. The number of hydrogen-bond acceptors (Lipinski definition) is 3. The molecule has 2 rings (SSSR count). The molecular formula is C13H16N2O3. The third-order valence-electron chi connectivity index (χ3n) is 3.41. The van der Waals surface area contributed by atoms with Crippen LogP contribution in [0.5, 0.6) is 0 Å². The van der Waals surface area contributed by atoms with E-state index in [1.807, 2.05) is 30.3 Å². The van der Waals surface area contributed by atoms with Crippen LogP contribution in [0.25, 0.3) is 0 Å². The van der Waals surface area contributed by atoms with E-state index in [2.05, 4.69) is 0 Å². The first kappa shape index (κ1) is 12.6. The van der Waals surface area contributed by atoms with Crippen molar-refractivity contribution in [1.82, 2.24) is 9.80 Å². The second kappa shape index (κ2) is 4.42. The molecule has 0 aliphatic carbocycles. The van der Waals surface area contributed by atoms with Crippen molar-refractivity contribution in [3.63, 3.8) is 0 Å². The average Bonchev–Trinajstić information content (AvgIpc) is 2.56. The number of nitrogens with zero attached hydrogens (tertiary/aromatic N) is 2. The summed E-state index contributed by atoms with van der Waals surface area (Å²) in [7, 11) is 4.63. The molecule has 0 spiro atoms. The van der Waals surface area contributed by atoms with Crippen molar-refractivity contribution in [2.24, 2.45) is 0 Å². The summed E-state index contributed by atoms with van der Waals surface area (Å²) >= 11 is 0. The lowest BCUT2D eigenvalue weighted by atomic mass is 9.89. The number of hydrogen-bond donors (Lipinski definition) is 0. The third-order valence-corrected chi connectivity index (χ3v) is 3.41. The highest BCUT2D eigenvalue weighted by molar-refractivity contribution is 6.07. The van der Waals surface area contributed by atoms with E-state index in [0.29, 0.717) is 0 Å². The van der Waals surface area contributed by atoms with E-state index >= 15 is 0 Å². The molecule has 18 heavy (non-hydrogen) atoms. The highest BCUT2D eigenvalue weighted by Crippen LogP contribution is 2.35. The summed E-state index contributed by atoms with van der Waals surface area (Å²) in [5, 5.41) is 0. The number of ether oxygens (including phenoxy) is 1. The normalized spacial score (nSPS) is 23.9. The first-order valence-electron chi connectivity index (χ1n) is 5.66. The number of carbonyl (C=O) groups excluding carboxylic acids is 2. The van der Waals surface area contributed by atoms with Crippen LogP contribution in [-0.2, 0) is 15.1 Å². The fourth-order valence-electron chi connectivity index (χ4n) is 2.38. The Labute approximate surface area is 106 Å². The molecule has 0 unspecified atom stereocenters. The minimum atomic E-state index is -1.05. The van der Waals surface area contributed by atoms with Gasteiger partial charge in [0.1, 0.15) is 0 Å². The molecule has 1 fully saturated rings. The van der Waals surface area contributed by atoms with E-state index in [1.165, 1.54) is 19.1 Å². The van der Waals surface area contributed by atoms with Gasteiger partial charge in [-0.2, -0.15) is 0 Å². The zero-order valence-electron chi connectivity index (χ0n) is 10.7. The van der Waals surface area contributed by atoms with E-state index in [9.17, 15) is 9.59 Å². The molecule has 0 aromatic heterocycles. The molecule has 0 saturated carbocycles. The number of carbonyl (C=O) groups is 2. The quantitative estimate of drug-likeness (QED) is 0.751. The van der Waals surface area contributed by atoms with Crippen molar-refractivity contribution >= 4 is 11.9 Å². The fourth-order valence-corrected chi connectivity index (χ4v) is 2.38. The number of likely N-dealkylation sites (N-methyl/N-ethyl adjacent to an activating group) is 2. The summed E-state index contributed by atoms with van der Waals surface area (Å²) in [6.45, 7) is 0.141. The predicted molar refractivity (Wildman–Crippen MR) is 65.9 cm³/mol. The van der Waals surface area contributed by atoms with Gasteiger partial charge >= 0.3 is 6.03 Å². The molecule has 1 aromatic carbocycles. The molecule has 5 heteroatoms. The molecule has 1 saturated heterocycles. The van der Waals surface area contributed by atoms with Crippen LogP contribution in [0.4, 0.5) is 4.79 Å². The molecule has 0 radical (unpaired) electrons. The Kier molecular flexibility index (Phi) is 3.09. The Hall–Kier alpha value is -1.88. The van der Waals surface area contributed by atoms with Crippen LogP contribution >= 0.6 is 0 Å². The number of urea groups is 1. The van der Waals surface area contributed by atoms with Gasteiger partial charge in [0.05, 0.1) is 6.61 Å². The molecule has 0 N–H and O–H groups in total. The second-order valence-electron chi connectivity index (χ2n) is 4.37. The number of rotatable bonds is 3. The predicted octanol–water partition coefficient (Wildman–Crippen LogP) is 1.05. The molecule has 1 heterocycles. The van der Waals surface area contributed by atoms with Crippen LogP contribution in [0.15, 0.2) is 30.3 Å². The van der Waals surface area contributed by atoms with Gasteiger partial charge in [-0.05, 0) is 5.56 Å². The van der Waals surface area contributed by atoms with Gasteiger partial charge in [-0.3, -0.25) is 9.69 Å². The summed E-state index contributed by atoms with van der Waals surface area (Å²) in [5.41, 5.74) is -0.293. The van der Waals surface area contributed by atoms with E-state index in [0.717, 1.165) is 10.5 Å². The summed E-state index contributed by atoms with van der Waals surface area (Å²) in [6, 6.07) is 8.91. The highest BCUT2D eigenvalue weighted by Gasteiger charge is 2.55.